The van der Waals surface area contributed by atoms with E-state index in [-0.39, 0.29) is 17.4 Å². The van der Waals surface area contributed by atoms with Crippen LogP contribution in [0.3, 0.4) is 0 Å². The number of phenolic OH excluding ortho intramolecular Hbond substituents is 1. The minimum atomic E-state index is -0.411. The molecule has 4 aromatic rings. The molecule has 0 saturated carbocycles. The molecule has 0 aliphatic rings. The lowest BCUT2D eigenvalue weighted by Crippen LogP contribution is -2.11. The highest BCUT2D eigenvalue weighted by molar-refractivity contribution is 9.10. The van der Waals surface area contributed by atoms with Gasteiger partial charge in [0.1, 0.15) is 5.75 Å². The van der Waals surface area contributed by atoms with Gasteiger partial charge in [0.25, 0.3) is 5.91 Å². The summed E-state index contributed by atoms with van der Waals surface area (Å²) < 4.78 is 11.4. The second kappa shape index (κ2) is 6.30. The number of aromatic nitrogens is 2. The molecule has 1 aromatic carbocycles. The van der Waals surface area contributed by atoms with E-state index in [1.165, 1.54) is 0 Å². The Morgan fingerprint density at radius 2 is 2.08 bits per heavy atom. The number of aromatic hydroxyl groups is 1. The maximum atomic E-state index is 12.3. The summed E-state index contributed by atoms with van der Waals surface area (Å²) >= 11 is 3.16. The molecule has 0 unspecified atom stereocenters. The molecule has 0 radical (unpaired) electrons. The lowest BCUT2D eigenvalue weighted by molar-refractivity contribution is 0.0995. The van der Waals surface area contributed by atoms with Gasteiger partial charge in [-0.25, -0.2) is 4.98 Å². The van der Waals surface area contributed by atoms with E-state index in [0.29, 0.717) is 32.7 Å². The van der Waals surface area contributed by atoms with Gasteiger partial charge in [-0.05, 0) is 64.8 Å². The van der Waals surface area contributed by atoms with Crippen molar-refractivity contribution in [1.29, 1.82) is 0 Å². The first kappa shape index (κ1) is 16.3. The van der Waals surface area contributed by atoms with Crippen LogP contribution in [0, 0.1) is 6.92 Å². The molecule has 3 heterocycles. The molecule has 0 fully saturated rings. The van der Waals surface area contributed by atoms with Crippen molar-refractivity contribution in [1.82, 2.24) is 9.97 Å². The molecule has 26 heavy (non-hydrogen) atoms. The van der Waals surface area contributed by atoms with Crippen LogP contribution >= 0.6 is 15.9 Å². The number of fused-ring (bicyclic) bond motifs is 1. The predicted octanol–water partition coefficient (Wildman–Crippen LogP) is 4.51. The van der Waals surface area contributed by atoms with Gasteiger partial charge < -0.3 is 19.3 Å². The van der Waals surface area contributed by atoms with Crippen LogP contribution in [0.4, 0.5) is 5.69 Å². The summed E-state index contributed by atoms with van der Waals surface area (Å²) in [6, 6.07) is 9.90. The molecule has 7 nitrogen and oxygen atoms in total. The van der Waals surface area contributed by atoms with Gasteiger partial charge >= 0.3 is 0 Å². The first-order chi connectivity index (χ1) is 12.5. The maximum Gasteiger partial charge on any atom is 0.291 e. The number of pyridine rings is 1. The molecule has 0 saturated heterocycles. The van der Waals surface area contributed by atoms with E-state index in [0.717, 1.165) is 0 Å². The number of halogens is 1. The van der Waals surface area contributed by atoms with E-state index in [2.05, 4.69) is 31.2 Å². The molecule has 2 N–H and O–H groups in total. The van der Waals surface area contributed by atoms with Crippen LogP contribution in [0.2, 0.25) is 0 Å². The second-order valence-corrected chi connectivity index (χ2v) is 6.37. The Hall–Kier alpha value is -3.13. The molecule has 1 amide bonds. The van der Waals surface area contributed by atoms with Crippen molar-refractivity contribution >= 4 is 38.8 Å². The van der Waals surface area contributed by atoms with Crippen molar-refractivity contribution in [3.05, 3.63) is 58.6 Å². The van der Waals surface area contributed by atoms with Crippen LogP contribution in [-0.2, 0) is 0 Å². The summed E-state index contributed by atoms with van der Waals surface area (Å²) in [7, 11) is 0. The Labute approximate surface area is 155 Å². The monoisotopic (exact) mass is 413 g/mol. The Morgan fingerprint density at radius 3 is 2.81 bits per heavy atom. The number of amides is 1. The summed E-state index contributed by atoms with van der Waals surface area (Å²) in [4.78, 5) is 20.7. The van der Waals surface area contributed by atoms with Crippen LogP contribution in [-0.4, -0.2) is 21.0 Å². The maximum absolute atomic E-state index is 12.3. The fraction of sp³-hybridized carbons (Fsp3) is 0.0556. The Balaban J connectivity index is 1.72. The van der Waals surface area contributed by atoms with Gasteiger partial charge in [-0.3, -0.25) is 4.79 Å². The van der Waals surface area contributed by atoms with E-state index in [9.17, 15) is 9.90 Å². The number of furan rings is 1. The minimum absolute atomic E-state index is 0.0234. The lowest BCUT2D eigenvalue weighted by atomic mass is 10.1. The average molecular weight is 414 g/mol. The van der Waals surface area contributed by atoms with Gasteiger partial charge in [0.05, 0.1) is 5.56 Å². The van der Waals surface area contributed by atoms with E-state index in [1.807, 2.05) is 0 Å². The third kappa shape index (κ3) is 2.95. The molecule has 0 atom stereocenters. The number of rotatable bonds is 3. The largest absolute Gasteiger partial charge is 0.507 e. The highest BCUT2D eigenvalue weighted by Gasteiger charge is 2.18. The molecular formula is C18H12BrN3O4. The number of benzene rings is 1. The highest BCUT2D eigenvalue weighted by Crippen LogP contribution is 2.35. The Morgan fingerprint density at radius 1 is 1.23 bits per heavy atom. The lowest BCUT2D eigenvalue weighted by Gasteiger charge is -2.09. The van der Waals surface area contributed by atoms with Crippen molar-refractivity contribution in [2.24, 2.45) is 0 Å². The topological polar surface area (TPSA) is 101 Å². The summed E-state index contributed by atoms with van der Waals surface area (Å²) in [6.45, 7) is 1.72. The number of nitrogens with one attached hydrogen (secondary N) is 1. The smallest absolute Gasteiger partial charge is 0.291 e. The molecule has 0 aliphatic carbocycles. The third-order valence-corrected chi connectivity index (χ3v) is 4.18. The molecule has 8 heteroatoms. The molecule has 0 aliphatic heterocycles. The summed E-state index contributed by atoms with van der Waals surface area (Å²) in [6.07, 6.45) is 1.61. The standard InChI is InChI=1S/C18H12BrN3O4/c1-9-7-10(21-17(24)13-4-5-14(19)25-13)8-11(15(9)23)18-22-16-12(26-18)3-2-6-20-16/h2-8,23H,1H3,(H,21,24). The van der Waals surface area contributed by atoms with E-state index in [4.69, 9.17) is 8.83 Å². The van der Waals surface area contributed by atoms with Crippen LogP contribution in [0.25, 0.3) is 22.7 Å². The van der Waals surface area contributed by atoms with Crippen LogP contribution in [0.5, 0.6) is 5.75 Å². The van der Waals surface area contributed by atoms with Gasteiger partial charge in [0, 0.05) is 11.9 Å². The van der Waals surface area contributed by atoms with Crippen LogP contribution < -0.4 is 5.32 Å². The molecular weight excluding hydrogens is 402 g/mol. The Bertz CT molecular complexity index is 1100. The van der Waals surface area contributed by atoms with Crippen LogP contribution in [0.15, 0.2) is 56.1 Å². The van der Waals surface area contributed by atoms with Crippen molar-refractivity contribution in [2.75, 3.05) is 5.32 Å². The number of phenols is 1. The number of anilines is 1. The molecule has 0 spiro atoms. The third-order valence-electron chi connectivity index (χ3n) is 3.75. The minimum Gasteiger partial charge on any atom is -0.507 e. The first-order valence-corrected chi connectivity index (χ1v) is 8.43. The number of hydrogen-bond donors (Lipinski definition) is 2. The predicted molar refractivity (Wildman–Crippen MR) is 98.0 cm³/mol. The van der Waals surface area contributed by atoms with Gasteiger partial charge in [-0.1, -0.05) is 0 Å². The fourth-order valence-corrected chi connectivity index (χ4v) is 2.83. The zero-order valence-corrected chi connectivity index (χ0v) is 15.1. The first-order valence-electron chi connectivity index (χ1n) is 7.63. The van der Waals surface area contributed by atoms with Gasteiger partial charge in [0.2, 0.25) is 5.89 Å². The van der Waals surface area contributed by atoms with E-state index < -0.39 is 5.91 Å². The summed E-state index contributed by atoms with van der Waals surface area (Å²) in [5, 5.41) is 13.1. The highest BCUT2D eigenvalue weighted by atomic mass is 79.9. The number of aryl methyl sites for hydroxylation is 1. The van der Waals surface area contributed by atoms with Crippen LogP contribution in [0.1, 0.15) is 16.1 Å². The summed E-state index contributed by atoms with van der Waals surface area (Å²) in [5.41, 5.74) is 2.35. The zero-order valence-electron chi connectivity index (χ0n) is 13.5. The molecule has 130 valence electrons. The molecule has 3 aromatic heterocycles. The Kier molecular flexibility index (Phi) is 3.96. The van der Waals surface area contributed by atoms with E-state index in [1.54, 1.807) is 49.5 Å². The average Bonchev–Trinajstić information content (AvgIpc) is 3.23. The van der Waals surface area contributed by atoms with Crippen molar-refractivity contribution in [2.45, 2.75) is 6.92 Å². The van der Waals surface area contributed by atoms with Crippen molar-refractivity contribution in [3.63, 3.8) is 0 Å². The zero-order chi connectivity index (χ0) is 18.3. The van der Waals surface area contributed by atoms with Gasteiger partial charge in [-0.2, -0.15) is 4.98 Å². The molecule has 4 rings (SSSR count). The number of carbonyl (C=O) groups is 1. The van der Waals surface area contributed by atoms with Gasteiger partial charge in [-0.15, -0.1) is 0 Å². The number of oxazole rings is 1. The number of nitrogens with zero attached hydrogens (tertiary/aromatic N) is 2. The fourth-order valence-electron chi connectivity index (χ4n) is 2.53. The number of carbonyl (C=O) groups excluding carboxylic acids is 1. The molecule has 0 bridgehead atoms. The summed E-state index contributed by atoms with van der Waals surface area (Å²) in [5.74, 6) is -0.00683. The SMILES string of the molecule is Cc1cc(NC(=O)c2ccc(Br)o2)cc(-c2nc3ncccc3o2)c1O. The van der Waals surface area contributed by atoms with E-state index >= 15 is 0 Å². The quantitative estimate of drug-likeness (QED) is 0.479. The van der Waals surface area contributed by atoms with Crippen molar-refractivity contribution in [3.8, 4) is 17.2 Å². The normalized spacial score (nSPS) is 11.0. The number of hydrogen-bond acceptors (Lipinski definition) is 6. The van der Waals surface area contributed by atoms with Gasteiger partial charge in [0.15, 0.2) is 21.7 Å². The second-order valence-electron chi connectivity index (χ2n) is 5.59. The van der Waals surface area contributed by atoms with Crippen molar-refractivity contribution < 1.29 is 18.7 Å².